The van der Waals surface area contributed by atoms with Gasteiger partial charge < -0.3 is 108 Å². The first-order valence-electron chi connectivity index (χ1n) is 17.5. The largest absolute Gasteiger partial charge is 0.395 e. The van der Waals surface area contributed by atoms with E-state index in [0.717, 1.165) is 0 Å². The molecule has 22 nitrogen and oxygen atoms in total. The Morgan fingerprint density at radius 3 is 2.02 bits per heavy atom. The highest BCUT2D eigenvalue weighted by Gasteiger charge is 2.54. The number of aliphatic hydroxyl groups excluding tert-OH is 9. The Hall–Kier alpha value is -1.17. The van der Waals surface area contributed by atoms with Gasteiger partial charge in [0.15, 0.2) is 24.7 Å². The number of nitrogens with one attached hydrogen (secondary N) is 1. The van der Waals surface area contributed by atoms with Crippen molar-refractivity contribution in [3.05, 3.63) is 0 Å². The van der Waals surface area contributed by atoms with Crippen LogP contribution in [0.2, 0.25) is 0 Å². The Kier molecular flexibility index (Phi) is 16.4. The van der Waals surface area contributed by atoms with Crippen molar-refractivity contribution in [2.75, 3.05) is 39.4 Å². The quantitative estimate of drug-likeness (QED) is 0.0612. The van der Waals surface area contributed by atoms with E-state index in [1.807, 2.05) is 0 Å². The highest BCUT2D eigenvalue weighted by Crippen LogP contribution is 2.37. The first-order valence-corrected chi connectivity index (χ1v) is 17.5. The smallest absolute Gasteiger partial charge is 0.187 e. The van der Waals surface area contributed by atoms with E-state index in [1.165, 1.54) is 0 Å². The summed E-state index contributed by atoms with van der Waals surface area (Å²) in [5.41, 5.74) is 29.9. The van der Waals surface area contributed by atoms with Crippen molar-refractivity contribution in [2.24, 2.45) is 34.6 Å². The van der Waals surface area contributed by atoms with E-state index >= 15 is 0 Å². The molecule has 0 radical (unpaired) electrons. The Balaban J connectivity index is 1.56. The van der Waals surface area contributed by atoms with Crippen LogP contribution < -0.4 is 34.0 Å². The monoisotopic (exact) mass is 758 g/mol. The second-order valence-electron chi connectivity index (χ2n) is 13.9. The standard InChI is InChI=1S/C30H58N6O16/c31-6-15(41)21(43)14(40)4-10-3-11(33)25(50-28-12(34)5-13(39)17(48-28)8-36-1-2-37)27(20(10)42)52-30-24(46)26(18(9-38)49-30)51-29-19(35)23(45)22(44)16(7-32)47-29/h10-13,15-30,36-39,41-46H,1-9,31-35H2/t10-,11-,12+,13-,15+,16-,17+,18+,19+,20-,21+,22+,23+,24+,25+,26+,27+,28+,29+,30-/m0/s1. The van der Waals surface area contributed by atoms with Gasteiger partial charge in [0, 0.05) is 38.6 Å². The van der Waals surface area contributed by atoms with Crippen molar-refractivity contribution < 1.29 is 79.2 Å². The van der Waals surface area contributed by atoms with Crippen molar-refractivity contribution in [3.63, 3.8) is 0 Å². The average molecular weight is 759 g/mol. The topological polar surface area (TPSA) is 397 Å². The van der Waals surface area contributed by atoms with Gasteiger partial charge in [-0.15, -0.1) is 0 Å². The molecule has 304 valence electrons. The highest BCUT2D eigenvalue weighted by molar-refractivity contribution is 5.83. The molecule has 1 aliphatic carbocycles. The number of carbonyl (C=O) groups is 1. The summed E-state index contributed by atoms with van der Waals surface area (Å²) < 4.78 is 35.6. The molecule has 0 spiro atoms. The van der Waals surface area contributed by atoms with E-state index < -0.39 is 148 Å². The molecule has 3 heterocycles. The minimum atomic E-state index is -1.84. The van der Waals surface area contributed by atoms with Crippen LogP contribution in [0.3, 0.4) is 0 Å². The maximum atomic E-state index is 12.9. The minimum absolute atomic E-state index is 0.0500. The van der Waals surface area contributed by atoms with Crippen LogP contribution in [0.4, 0.5) is 0 Å². The molecule has 3 aliphatic heterocycles. The molecule has 0 aromatic carbocycles. The van der Waals surface area contributed by atoms with Crippen molar-refractivity contribution in [1.29, 1.82) is 0 Å². The zero-order valence-electron chi connectivity index (χ0n) is 28.7. The first-order chi connectivity index (χ1) is 24.7. The van der Waals surface area contributed by atoms with E-state index in [4.69, 9.17) is 62.2 Å². The van der Waals surface area contributed by atoms with Crippen molar-refractivity contribution in [1.82, 2.24) is 5.32 Å². The molecule has 20 atom stereocenters. The van der Waals surface area contributed by atoms with Gasteiger partial charge in [0.25, 0.3) is 0 Å². The van der Waals surface area contributed by atoms with E-state index in [2.05, 4.69) is 5.32 Å². The zero-order chi connectivity index (χ0) is 38.4. The van der Waals surface area contributed by atoms with Crippen LogP contribution in [-0.4, -0.2) is 207 Å². The van der Waals surface area contributed by atoms with Gasteiger partial charge in [-0.1, -0.05) is 0 Å². The zero-order valence-corrected chi connectivity index (χ0v) is 28.7. The van der Waals surface area contributed by atoms with Crippen LogP contribution in [0.5, 0.6) is 0 Å². The number of aliphatic hydroxyl groups is 9. The molecule has 22 heteroatoms. The van der Waals surface area contributed by atoms with Gasteiger partial charge in [-0.3, -0.25) is 4.79 Å². The molecule has 20 N–H and O–H groups in total. The number of ketones is 1. The van der Waals surface area contributed by atoms with E-state index in [0.29, 0.717) is 0 Å². The molecular formula is C30H58N6O16. The summed E-state index contributed by atoms with van der Waals surface area (Å²) in [6, 6.07) is -3.17. The highest BCUT2D eigenvalue weighted by atomic mass is 16.8. The Bertz CT molecular complexity index is 1110. The normalized spacial score (nSPS) is 45.5. The predicted molar refractivity (Wildman–Crippen MR) is 174 cm³/mol. The van der Waals surface area contributed by atoms with Crippen molar-refractivity contribution in [3.8, 4) is 0 Å². The number of Topliss-reactive ketones (excluding diaryl/α,β-unsaturated/α-hetero) is 1. The molecule has 4 rings (SSSR count). The number of rotatable bonds is 17. The first kappa shape index (κ1) is 43.6. The van der Waals surface area contributed by atoms with Crippen LogP contribution in [0.1, 0.15) is 19.3 Å². The third-order valence-electron chi connectivity index (χ3n) is 10.1. The van der Waals surface area contributed by atoms with Gasteiger partial charge in [0.05, 0.1) is 49.7 Å². The fraction of sp³-hybridized carbons (Fsp3) is 0.967. The molecular weight excluding hydrogens is 700 g/mol. The molecule has 0 amide bonds. The summed E-state index contributed by atoms with van der Waals surface area (Å²) in [5, 5.41) is 96.6. The van der Waals surface area contributed by atoms with Crippen LogP contribution in [0.25, 0.3) is 0 Å². The van der Waals surface area contributed by atoms with Crippen molar-refractivity contribution in [2.45, 2.75) is 136 Å². The summed E-state index contributed by atoms with van der Waals surface area (Å²) >= 11 is 0. The second-order valence-corrected chi connectivity index (χ2v) is 13.9. The summed E-state index contributed by atoms with van der Waals surface area (Å²) in [5.74, 6) is -1.80. The molecule has 3 saturated heterocycles. The third-order valence-corrected chi connectivity index (χ3v) is 10.1. The second kappa shape index (κ2) is 19.6. The Morgan fingerprint density at radius 2 is 1.38 bits per heavy atom. The number of ether oxygens (including phenoxy) is 6. The van der Waals surface area contributed by atoms with Gasteiger partial charge in [-0.2, -0.15) is 0 Å². The molecule has 1 saturated carbocycles. The van der Waals surface area contributed by atoms with Gasteiger partial charge in [-0.05, 0) is 18.8 Å². The lowest BCUT2D eigenvalue weighted by molar-refractivity contribution is -0.299. The average Bonchev–Trinajstić information content (AvgIpc) is 3.42. The lowest BCUT2D eigenvalue weighted by atomic mass is 9.76. The summed E-state index contributed by atoms with van der Waals surface area (Å²) in [6.07, 6.45) is -22.6. The van der Waals surface area contributed by atoms with Gasteiger partial charge >= 0.3 is 0 Å². The van der Waals surface area contributed by atoms with Crippen LogP contribution >= 0.6 is 0 Å². The van der Waals surface area contributed by atoms with Gasteiger partial charge in [-0.25, -0.2) is 0 Å². The maximum absolute atomic E-state index is 12.9. The summed E-state index contributed by atoms with van der Waals surface area (Å²) in [7, 11) is 0. The van der Waals surface area contributed by atoms with E-state index in [-0.39, 0.29) is 39.1 Å². The Morgan fingerprint density at radius 1 is 0.750 bits per heavy atom. The van der Waals surface area contributed by atoms with E-state index in [1.54, 1.807) is 0 Å². The fourth-order valence-electron chi connectivity index (χ4n) is 7.01. The lowest BCUT2D eigenvalue weighted by Gasteiger charge is -2.47. The number of hydrogen-bond acceptors (Lipinski definition) is 22. The molecule has 0 aromatic heterocycles. The summed E-state index contributed by atoms with van der Waals surface area (Å²) in [4.78, 5) is 12.9. The lowest BCUT2D eigenvalue weighted by Crippen LogP contribution is -2.64. The van der Waals surface area contributed by atoms with Crippen molar-refractivity contribution >= 4 is 5.78 Å². The van der Waals surface area contributed by atoms with Crippen LogP contribution in [0, 0.1) is 5.92 Å². The SMILES string of the molecule is NC[C@@H](O)[C@H](O)C(=O)C[C@@H]1C[C@H](N)[C@@H](O[C@H]2O[C@H](CNCCO)[C@@H](O)C[C@H]2N)[C@H](O[C@@H]2O[C@H](CO)[C@@H](O[C@H]3O[C@@H](CN)[C@@H](O)[C@H](O)[C@H]3N)[C@H]2O)[C@H]1O. The van der Waals surface area contributed by atoms with Gasteiger partial charge in [0.2, 0.25) is 0 Å². The van der Waals surface area contributed by atoms with Crippen LogP contribution in [0.15, 0.2) is 0 Å². The van der Waals surface area contributed by atoms with Crippen LogP contribution in [-0.2, 0) is 33.2 Å². The van der Waals surface area contributed by atoms with Gasteiger partial charge in [0.1, 0.15) is 54.9 Å². The molecule has 0 aromatic rings. The maximum Gasteiger partial charge on any atom is 0.187 e. The number of hydrogen-bond donors (Lipinski definition) is 15. The third kappa shape index (κ3) is 9.97. The molecule has 4 aliphatic rings. The number of carbonyl (C=O) groups excluding carboxylic acids is 1. The fourth-order valence-corrected chi connectivity index (χ4v) is 7.01. The molecule has 0 bridgehead atoms. The summed E-state index contributed by atoms with van der Waals surface area (Å²) in [6.45, 7) is -1.10. The Labute approximate surface area is 300 Å². The molecule has 4 fully saturated rings. The molecule has 0 unspecified atom stereocenters. The number of nitrogens with two attached hydrogens (primary N) is 5. The molecule has 52 heavy (non-hydrogen) atoms. The minimum Gasteiger partial charge on any atom is -0.395 e. The predicted octanol–water partition coefficient (Wildman–Crippen LogP) is -9.31. The van der Waals surface area contributed by atoms with E-state index in [9.17, 15) is 45.6 Å².